The van der Waals surface area contributed by atoms with Gasteiger partial charge in [0.15, 0.2) is 6.29 Å². The van der Waals surface area contributed by atoms with Crippen molar-refractivity contribution >= 4 is 0 Å². The molecule has 0 unspecified atom stereocenters. The fourth-order valence-corrected chi connectivity index (χ4v) is 1.93. The van der Waals surface area contributed by atoms with Crippen LogP contribution in [0.1, 0.15) is 53.4 Å². The fraction of sp³-hybridized carbons (Fsp3) is 1.00. The molecule has 1 saturated heterocycles. The molecule has 0 aliphatic carbocycles. The first-order chi connectivity index (χ1) is 6.03. The Balaban J connectivity index is 2.38. The van der Waals surface area contributed by atoms with Crippen LogP contribution in [0.5, 0.6) is 0 Å². The molecule has 1 aliphatic heterocycles. The van der Waals surface area contributed by atoms with Gasteiger partial charge in [-0.15, -0.1) is 0 Å². The molecule has 1 heterocycles. The number of ether oxygens (including phenoxy) is 2. The van der Waals surface area contributed by atoms with Crippen LogP contribution in [-0.4, -0.2) is 18.0 Å². The summed E-state index contributed by atoms with van der Waals surface area (Å²) in [6, 6.07) is 0. The monoisotopic (exact) mass is 186 g/mol. The quantitative estimate of drug-likeness (QED) is 0.674. The van der Waals surface area contributed by atoms with E-state index in [2.05, 4.69) is 27.7 Å². The average molecular weight is 186 g/mol. The summed E-state index contributed by atoms with van der Waals surface area (Å²) in [7, 11) is 0. The van der Waals surface area contributed by atoms with E-state index in [0.29, 0.717) is 6.10 Å². The number of unbranched alkanes of at least 4 members (excludes halogenated alkanes) is 1. The van der Waals surface area contributed by atoms with Crippen LogP contribution in [-0.2, 0) is 9.47 Å². The molecule has 0 amide bonds. The van der Waals surface area contributed by atoms with E-state index in [1.165, 1.54) is 12.8 Å². The minimum atomic E-state index is -0.00389. The van der Waals surface area contributed by atoms with Gasteiger partial charge in [0, 0.05) is 6.42 Å². The summed E-state index contributed by atoms with van der Waals surface area (Å²) >= 11 is 0. The van der Waals surface area contributed by atoms with E-state index in [1.807, 2.05) is 0 Å². The van der Waals surface area contributed by atoms with Crippen molar-refractivity contribution in [3.8, 4) is 0 Å². The van der Waals surface area contributed by atoms with Gasteiger partial charge in [0.2, 0.25) is 0 Å². The molecule has 78 valence electrons. The Labute approximate surface area is 81.6 Å². The van der Waals surface area contributed by atoms with Crippen molar-refractivity contribution in [2.45, 2.75) is 71.4 Å². The molecule has 1 rings (SSSR count). The molecule has 0 N–H and O–H groups in total. The Morgan fingerprint density at radius 2 is 2.08 bits per heavy atom. The first kappa shape index (κ1) is 11.0. The summed E-state index contributed by atoms with van der Waals surface area (Å²) in [4.78, 5) is 0. The summed E-state index contributed by atoms with van der Waals surface area (Å²) < 4.78 is 11.5. The molecule has 2 heteroatoms. The first-order valence-corrected chi connectivity index (χ1v) is 5.37. The predicted molar refractivity (Wildman–Crippen MR) is 53.6 cm³/mol. The highest BCUT2D eigenvalue weighted by atomic mass is 16.7. The van der Waals surface area contributed by atoms with Gasteiger partial charge in [-0.3, -0.25) is 0 Å². The van der Waals surface area contributed by atoms with Gasteiger partial charge in [0.25, 0.3) is 0 Å². The van der Waals surface area contributed by atoms with E-state index < -0.39 is 0 Å². The third kappa shape index (κ3) is 3.65. The van der Waals surface area contributed by atoms with Crippen LogP contribution in [0.25, 0.3) is 0 Å². The van der Waals surface area contributed by atoms with E-state index >= 15 is 0 Å². The molecule has 0 bridgehead atoms. The molecule has 1 fully saturated rings. The molecule has 13 heavy (non-hydrogen) atoms. The van der Waals surface area contributed by atoms with Gasteiger partial charge < -0.3 is 9.47 Å². The molecule has 0 saturated carbocycles. The highest BCUT2D eigenvalue weighted by molar-refractivity contribution is 4.77. The second-order valence-corrected chi connectivity index (χ2v) is 4.60. The van der Waals surface area contributed by atoms with Gasteiger partial charge >= 0.3 is 0 Å². The zero-order valence-corrected chi connectivity index (χ0v) is 9.30. The molecular weight excluding hydrogens is 164 g/mol. The molecule has 0 aromatic carbocycles. The lowest BCUT2D eigenvalue weighted by atomic mass is 9.99. The maximum absolute atomic E-state index is 5.82. The van der Waals surface area contributed by atoms with Crippen molar-refractivity contribution in [3.63, 3.8) is 0 Å². The smallest absolute Gasteiger partial charge is 0.158 e. The lowest BCUT2D eigenvalue weighted by Gasteiger charge is -2.39. The van der Waals surface area contributed by atoms with Crippen LogP contribution < -0.4 is 0 Å². The fourth-order valence-electron chi connectivity index (χ4n) is 1.93. The van der Waals surface area contributed by atoms with Gasteiger partial charge in [0.05, 0.1) is 11.7 Å². The van der Waals surface area contributed by atoms with Gasteiger partial charge in [-0.25, -0.2) is 0 Å². The highest BCUT2D eigenvalue weighted by Gasteiger charge is 2.32. The summed E-state index contributed by atoms with van der Waals surface area (Å²) in [5.41, 5.74) is -0.00389. The molecule has 2 atom stereocenters. The van der Waals surface area contributed by atoms with E-state index in [0.717, 1.165) is 12.8 Å². The van der Waals surface area contributed by atoms with Crippen LogP contribution in [0.4, 0.5) is 0 Å². The number of hydrogen-bond donors (Lipinski definition) is 0. The van der Waals surface area contributed by atoms with Crippen LogP contribution in [0.15, 0.2) is 0 Å². The summed E-state index contributed by atoms with van der Waals surface area (Å²) in [5.74, 6) is 0. The zero-order chi connectivity index (χ0) is 9.90. The van der Waals surface area contributed by atoms with Crippen LogP contribution in [0, 0.1) is 0 Å². The third-order valence-electron chi connectivity index (χ3n) is 2.41. The van der Waals surface area contributed by atoms with Crippen LogP contribution in [0.3, 0.4) is 0 Å². The van der Waals surface area contributed by atoms with E-state index in [9.17, 15) is 0 Å². The van der Waals surface area contributed by atoms with Crippen LogP contribution in [0.2, 0.25) is 0 Å². The lowest BCUT2D eigenvalue weighted by Crippen LogP contribution is -2.42. The second kappa shape index (κ2) is 4.43. The van der Waals surface area contributed by atoms with Gasteiger partial charge in [0.1, 0.15) is 0 Å². The van der Waals surface area contributed by atoms with E-state index in [1.54, 1.807) is 0 Å². The molecule has 1 aliphatic rings. The Bertz CT molecular complexity index is 154. The summed E-state index contributed by atoms with van der Waals surface area (Å²) in [5, 5.41) is 0. The topological polar surface area (TPSA) is 18.5 Å². The second-order valence-electron chi connectivity index (χ2n) is 4.60. The van der Waals surface area contributed by atoms with Crippen molar-refractivity contribution in [3.05, 3.63) is 0 Å². The molecule has 0 aromatic heterocycles. The molecule has 0 radical (unpaired) electrons. The average Bonchev–Trinajstić information content (AvgIpc) is 1.97. The zero-order valence-electron chi connectivity index (χ0n) is 9.30. The van der Waals surface area contributed by atoms with Crippen molar-refractivity contribution in [2.75, 3.05) is 0 Å². The SMILES string of the molecule is CCCC[C@H]1O[C@H](C)CC(C)(C)O1. The maximum atomic E-state index is 5.82. The number of rotatable bonds is 3. The maximum Gasteiger partial charge on any atom is 0.158 e. The van der Waals surface area contributed by atoms with Crippen molar-refractivity contribution in [2.24, 2.45) is 0 Å². The van der Waals surface area contributed by atoms with Crippen molar-refractivity contribution < 1.29 is 9.47 Å². The van der Waals surface area contributed by atoms with Crippen molar-refractivity contribution in [1.29, 1.82) is 0 Å². The molecule has 2 nitrogen and oxygen atoms in total. The summed E-state index contributed by atoms with van der Waals surface area (Å²) in [6.45, 7) is 8.61. The standard InChI is InChI=1S/C11H22O2/c1-5-6-7-10-12-9(2)8-11(3,4)13-10/h9-10H,5-8H2,1-4H3/t9-,10+/m1/s1. The van der Waals surface area contributed by atoms with E-state index in [4.69, 9.17) is 9.47 Å². The molecular formula is C11H22O2. The molecule has 0 aromatic rings. The minimum absolute atomic E-state index is 0.00389. The highest BCUT2D eigenvalue weighted by Crippen LogP contribution is 2.29. The van der Waals surface area contributed by atoms with E-state index in [-0.39, 0.29) is 11.9 Å². The van der Waals surface area contributed by atoms with Crippen molar-refractivity contribution in [1.82, 2.24) is 0 Å². The first-order valence-electron chi connectivity index (χ1n) is 5.37. The molecule has 0 spiro atoms. The van der Waals surface area contributed by atoms with Crippen LogP contribution >= 0.6 is 0 Å². The van der Waals surface area contributed by atoms with Gasteiger partial charge in [-0.05, 0) is 33.6 Å². The Morgan fingerprint density at radius 3 is 2.62 bits per heavy atom. The normalized spacial score (nSPS) is 33.2. The van der Waals surface area contributed by atoms with Gasteiger partial charge in [-0.1, -0.05) is 13.3 Å². The van der Waals surface area contributed by atoms with Gasteiger partial charge in [-0.2, -0.15) is 0 Å². The third-order valence-corrected chi connectivity index (χ3v) is 2.41. The largest absolute Gasteiger partial charge is 0.350 e. The number of hydrogen-bond acceptors (Lipinski definition) is 2. The Hall–Kier alpha value is -0.0800. The Morgan fingerprint density at radius 1 is 1.38 bits per heavy atom. The predicted octanol–water partition coefficient (Wildman–Crippen LogP) is 3.11. The minimum Gasteiger partial charge on any atom is -0.350 e. The summed E-state index contributed by atoms with van der Waals surface area (Å²) in [6.07, 6.45) is 4.79. The lowest BCUT2D eigenvalue weighted by molar-refractivity contribution is -0.270. The Kier molecular flexibility index (Phi) is 3.74.